The van der Waals surface area contributed by atoms with Gasteiger partial charge in [0.2, 0.25) is 0 Å². The third-order valence-corrected chi connectivity index (χ3v) is 5.48. The molecule has 0 spiro atoms. The molecule has 0 aliphatic carbocycles. The van der Waals surface area contributed by atoms with E-state index in [4.69, 9.17) is 21.5 Å². The molecule has 1 aromatic carbocycles. The monoisotopic (exact) mass is 381 g/mol. The number of hydrogen-bond acceptors (Lipinski definition) is 6. The summed E-state index contributed by atoms with van der Waals surface area (Å²) in [5.74, 6) is -1.57. The number of nitrogens with two attached hydrogens (primary N) is 2. The number of carbonyl (C=O) groups is 1. The smallest absolute Gasteiger partial charge is 0.451 e. The summed E-state index contributed by atoms with van der Waals surface area (Å²) in [4.78, 5) is 14.0. The molecule has 1 aliphatic rings. The second-order valence-corrected chi connectivity index (χ2v) is 7.48. The van der Waals surface area contributed by atoms with Crippen molar-refractivity contribution in [2.45, 2.75) is 50.5 Å². The van der Waals surface area contributed by atoms with E-state index >= 15 is 0 Å². The summed E-state index contributed by atoms with van der Waals surface area (Å²) in [5, 5.41) is 27.5. The molecule has 27 heavy (non-hydrogen) atoms. The summed E-state index contributed by atoms with van der Waals surface area (Å²) in [6.07, 6.45) is 2.93. The van der Waals surface area contributed by atoms with Gasteiger partial charge in [-0.3, -0.25) is 9.69 Å². The van der Waals surface area contributed by atoms with Crippen LogP contribution in [0.3, 0.4) is 0 Å². The number of likely N-dealkylation sites (tertiary alicyclic amines) is 1. The van der Waals surface area contributed by atoms with Crippen molar-refractivity contribution in [3.8, 4) is 0 Å². The van der Waals surface area contributed by atoms with Crippen LogP contribution in [0.25, 0.3) is 0 Å². The highest BCUT2D eigenvalue weighted by atomic mass is 19.1. The number of rotatable bonds is 9. The lowest BCUT2D eigenvalue weighted by molar-refractivity contribution is -0.147. The highest BCUT2D eigenvalue weighted by Crippen LogP contribution is 2.32. The maximum absolute atomic E-state index is 13.3. The van der Waals surface area contributed by atoms with E-state index < -0.39 is 24.4 Å². The highest BCUT2D eigenvalue weighted by molar-refractivity contribution is 6.40. The van der Waals surface area contributed by atoms with Gasteiger partial charge in [-0.25, -0.2) is 4.39 Å². The Bertz CT molecular complexity index is 641. The third kappa shape index (κ3) is 5.90. The van der Waals surface area contributed by atoms with E-state index in [2.05, 4.69) is 4.90 Å². The Labute approximate surface area is 159 Å². The SMILES string of the molecule is Nc1cc(CN2CCC(C(N)(CCCCB(O)O)C(=O)O)CC2)ccc1F. The molecule has 1 saturated heterocycles. The molecule has 7 nitrogen and oxygen atoms in total. The Morgan fingerprint density at radius 3 is 2.52 bits per heavy atom. The van der Waals surface area contributed by atoms with Crippen molar-refractivity contribution in [3.63, 3.8) is 0 Å². The van der Waals surface area contributed by atoms with E-state index in [1.165, 1.54) is 6.07 Å². The second-order valence-electron chi connectivity index (χ2n) is 7.48. The first-order valence-electron chi connectivity index (χ1n) is 9.37. The number of carboxylic acid groups (broad SMARTS) is 1. The van der Waals surface area contributed by atoms with Gasteiger partial charge in [-0.2, -0.15) is 0 Å². The average molecular weight is 381 g/mol. The van der Waals surface area contributed by atoms with Gasteiger partial charge < -0.3 is 26.6 Å². The Balaban J connectivity index is 1.88. The van der Waals surface area contributed by atoms with E-state index in [1.54, 1.807) is 12.1 Å². The van der Waals surface area contributed by atoms with Crippen LogP contribution in [0.5, 0.6) is 0 Å². The molecule has 2 rings (SSSR count). The number of unbranched alkanes of at least 4 members (excludes halogenated alkanes) is 1. The van der Waals surface area contributed by atoms with Crippen molar-refractivity contribution in [2.75, 3.05) is 18.8 Å². The molecule has 9 heteroatoms. The molecule has 7 N–H and O–H groups in total. The molecule has 0 amide bonds. The predicted octanol–water partition coefficient (Wildman–Crippen LogP) is 1.05. The van der Waals surface area contributed by atoms with Gasteiger partial charge in [0, 0.05) is 6.54 Å². The van der Waals surface area contributed by atoms with Crippen LogP contribution in [-0.4, -0.2) is 51.8 Å². The fraction of sp³-hybridized carbons (Fsp3) is 0.611. The summed E-state index contributed by atoms with van der Waals surface area (Å²) in [6.45, 7) is 2.06. The van der Waals surface area contributed by atoms with Crippen molar-refractivity contribution < 1.29 is 24.3 Å². The van der Waals surface area contributed by atoms with Crippen molar-refractivity contribution in [2.24, 2.45) is 11.7 Å². The van der Waals surface area contributed by atoms with Crippen LogP contribution < -0.4 is 11.5 Å². The Hall–Kier alpha value is -1.68. The van der Waals surface area contributed by atoms with E-state index in [1.807, 2.05) is 0 Å². The molecule has 0 saturated carbocycles. The number of anilines is 1. The number of aliphatic carboxylic acids is 1. The van der Waals surface area contributed by atoms with Crippen molar-refractivity contribution >= 4 is 18.8 Å². The summed E-state index contributed by atoms with van der Waals surface area (Å²) in [7, 11) is -1.37. The molecule has 1 atom stereocenters. The van der Waals surface area contributed by atoms with E-state index in [0.29, 0.717) is 51.7 Å². The van der Waals surface area contributed by atoms with Gasteiger partial charge in [-0.15, -0.1) is 0 Å². The van der Waals surface area contributed by atoms with Crippen molar-refractivity contribution in [1.82, 2.24) is 4.90 Å². The van der Waals surface area contributed by atoms with Crippen LogP contribution in [0.1, 0.15) is 37.7 Å². The fourth-order valence-corrected chi connectivity index (χ4v) is 3.79. The number of nitrogen functional groups attached to an aromatic ring is 1. The lowest BCUT2D eigenvalue weighted by Gasteiger charge is -2.40. The Morgan fingerprint density at radius 1 is 1.30 bits per heavy atom. The van der Waals surface area contributed by atoms with Gasteiger partial charge >= 0.3 is 13.1 Å². The molecule has 1 aliphatic heterocycles. The molecule has 150 valence electrons. The summed E-state index contributed by atoms with van der Waals surface area (Å²) >= 11 is 0. The molecule has 1 unspecified atom stereocenters. The van der Waals surface area contributed by atoms with Gasteiger partial charge in [0.15, 0.2) is 0 Å². The lowest BCUT2D eigenvalue weighted by atomic mass is 9.74. The first kappa shape index (κ1) is 21.6. The predicted molar refractivity (Wildman–Crippen MR) is 102 cm³/mol. The average Bonchev–Trinajstić information content (AvgIpc) is 2.62. The quantitative estimate of drug-likeness (QED) is 0.245. The van der Waals surface area contributed by atoms with Crippen LogP contribution in [0.15, 0.2) is 18.2 Å². The fourth-order valence-electron chi connectivity index (χ4n) is 3.79. The first-order valence-corrected chi connectivity index (χ1v) is 9.37. The second kappa shape index (κ2) is 9.50. The van der Waals surface area contributed by atoms with E-state index in [-0.39, 0.29) is 17.9 Å². The molecule has 0 radical (unpaired) electrons. The molecule has 1 aromatic rings. The minimum Gasteiger partial charge on any atom is -0.480 e. The van der Waals surface area contributed by atoms with Crippen LogP contribution in [-0.2, 0) is 11.3 Å². The minimum atomic E-state index is -1.37. The Kier molecular flexibility index (Phi) is 7.61. The zero-order valence-corrected chi connectivity index (χ0v) is 15.5. The summed E-state index contributed by atoms with van der Waals surface area (Å²) in [5.41, 5.74) is 11.6. The van der Waals surface area contributed by atoms with Crippen molar-refractivity contribution in [1.29, 1.82) is 0 Å². The van der Waals surface area contributed by atoms with Gasteiger partial charge in [0.25, 0.3) is 0 Å². The lowest BCUT2D eigenvalue weighted by Crippen LogP contribution is -2.56. The van der Waals surface area contributed by atoms with Crippen molar-refractivity contribution in [3.05, 3.63) is 29.6 Å². The summed E-state index contributed by atoms with van der Waals surface area (Å²) < 4.78 is 13.3. The largest absolute Gasteiger partial charge is 0.480 e. The molecule has 0 aromatic heterocycles. The van der Waals surface area contributed by atoms with Gasteiger partial charge in [0.05, 0.1) is 5.69 Å². The highest BCUT2D eigenvalue weighted by Gasteiger charge is 2.42. The zero-order valence-electron chi connectivity index (χ0n) is 15.5. The molecular formula is C18H29BFN3O4. The number of hydrogen-bond donors (Lipinski definition) is 5. The standard InChI is InChI=1S/C18H29BFN3O4/c20-15-4-3-13(11-16(15)21)12-23-9-5-14(6-10-23)18(22,17(24)25)7-1-2-8-19(26)27/h3-4,11,14,26-27H,1-2,5-10,12,21-22H2,(H,24,25). The third-order valence-electron chi connectivity index (χ3n) is 5.48. The van der Waals surface area contributed by atoms with Gasteiger partial charge in [0.1, 0.15) is 11.4 Å². The molecule has 1 heterocycles. The number of piperidine rings is 1. The number of carboxylic acids is 1. The van der Waals surface area contributed by atoms with E-state index in [0.717, 1.165) is 5.56 Å². The maximum Gasteiger partial charge on any atom is 0.451 e. The van der Waals surface area contributed by atoms with E-state index in [9.17, 15) is 14.3 Å². The van der Waals surface area contributed by atoms with Gasteiger partial charge in [-0.1, -0.05) is 18.9 Å². The van der Waals surface area contributed by atoms with Crippen LogP contribution in [0.2, 0.25) is 6.32 Å². The first-order chi connectivity index (χ1) is 12.7. The van der Waals surface area contributed by atoms with Crippen LogP contribution >= 0.6 is 0 Å². The number of halogens is 1. The topological polar surface area (TPSA) is 133 Å². The Morgan fingerprint density at radius 2 is 1.96 bits per heavy atom. The molecule has 1 fully saturated rings. The van der Waals surface area contributed by atoms with Crippen LogP contribution in [0, 0.1) is 11.7 Å². The number of nitrogens with zero attached hydrogens (tertiary/aromatic N) is 1. The normalized spacial score (nSPS) is 18.2. The zero-order chi connectivity index (χ0) is 20.0. The van der Waals surface area contributed by atoms with Crippen LogP contribution in [0.4, 0.5) is 10.1 Å². The molecular weight excluding hydrogens is 352 g/mol. The molecule has 0 bridgehead atoms. The maximum atomic E-state index is 13.3. The summed E-state index contributed by atoms with van der Waals surface area (Å²) in [6, 6.07) is 4.69. The number of benzene rings is 1. The van der Waals surface area contributed by atoms with Gasteiger partial charge in [-0.05, 0) is 62.3 Å². The minimum absolute atomic E-state index is 0.127.